The molecule has 1 N–H and O–H groups in total. The highest BCUT2D eigenvalue weighted by Gasteiger charge is 2.30. The molecule has 3 aromatic rings. The third kappa shape index (κ3) is 3.60. The number of hydrogen-bond acceptors (Lipinski definition) is 6. The quantitative estimate of drug-likeness (QED) is 0.699. The van der Waals surface area contributed by atoms with E-state index in [-0.39, 0.29) is 16.1 Å². The molecule has 136 valence electrons. The Hall–Kier alpha value is -2.72. The molecule has 2 aromatic heterocycles. The maximum atomic E-state index is 12.8. The highest BCUT2D eigenvalue weighted by molar-refractivity contribution is 7.10. The molecule has 26 heavy (non-hydrogen) atoms. The van der Waals surface area contributed by atoms with Gasteiger partial charge < -0.3 is 9.84 Å². The normalized spacial score (nSPS) is 12.8. The molecule has 1 unspecified atom stereocenters. The summed E-state index contributed by atoms with van der Waals surface area (Å²) in [5, 5.41) is 16.0. The van der Waals surface area contributed by atoms with Crippen molar-refractivity contribution in [3.05, 3.63) is 58.2 Å². The van der Waals surface area contributed by atoms with Gasteiger partial charge in [-0.05, 0) is 12.1 Å². The molecule has 10 heteroatoms. The summed E-state index contributed by atoms with van der Waals surface area (Å²) in [7, 11) is 1.22. The van der Waals surface area contributed by atoms with Crippen molar-refractivity contribution >= 4 is 17.3 Å². The molecule has 0 amide bonds. The Morgan fingerprint density at radius 1 is 1.38 bits per heavy atom. The third-order valence-electron chi connectivity index (χ3n) is 3.50. The van der Waals surface area contributed by atoms with E-state index >= 15 is 0 Å². The van der Waals surface area contributed by atoms with E-state index in [2.05, 4.69) is 14.8 Å². The zero-order chi connectivity index (χ0) is 18.9. The summed E-state index contributed by atoms with van der Waals surface area (Å²) < 4.78 is 44.2. The first kappa shape index (κ1) is 18.1. The number of aliphatic hydroxyl groups is 1. The Balaban J connectivity index is 1.86. The standard InChI is InChI=1S/C16H12F3N3O3S/c1-25-15(24)10-6-20-22(7-10)14(23)13-21-12(8-26-13)9-3-2-4-11(5-9)16(17,18)19/h2-8,14,23H,1H3. The SMILES string of the molecule is COC(=O)c1cnn(C(O)c2nc(-c3cccc(C(F)(F)F)c3)cs2)c1. The average molecular weight is 383 g/mol. The number of hydrogen-bond donors (Lipinski definition) is 1. The molecule has 0 radical (unpaired) electrons. The summed E-state index contributed by atoms with van der Waals surface area (Å²) in [5.74, 6) is -0.604. The molecule has 0 bridgehead atoms. The van der Waals surface area contributed by atoms with E-state index in [1.54, 1.807) is 5.38 Å². The molecule has 0 saturated heterocycles. The second-order valence-electron chi connectivity index (χ2n) is 5.22. The molecule has 0 aliphatic carbocycles. The first-order valence-electron chi connectivity index (χ1n) is 7.23. The second kappa shape index (κ2) is 6.89. The van der Waals surface area contributed by atoms with Gasteiger partial charge >= 0.3 is 12.1 Å². The van der Waals surface area contributed by atoms with E-state index in [0.717, 1.165) is 28.2 Å². The van der Waals surface area contributed by atoms with Gasteiger partial charge in [-0.2, -0.15) is 18.3 Å². The van der Waals surface area contributed by atoms with Crippen LogP contribution >= 0.6 is 11.3 Å². The van der Waals surface area contributed by atoms with Crippen LogP contribution in [0.5, 0.6) is 0 Å². The summed E-state index contributed by atoms with van der Waals surface area (Å²) in [6.07, 6.45) is -3.20. The van der Waals surface area contributed by atoms with Crippen LogP contribution in [0.2, 0.25) is 0 Å². The van der Waals surface area contributed by atoms with Crippen LogP contribution in [-0.2, 0) is 10.9 Å². The summed E-state index contributed by atoms with van der Waals surface area (Å²) in [6, 6.07) is 4.77. The fourth-order valence-corrected chi connectivity index (χ4v) is 3.00. The molecule has 6 nitrogen and oxygen atoms in total. The maximum Gasteiger partial charge on any atom is 0.416 e. The molecule has 0 saturated carbocycles. The number of carbonyl (C=O) groups is 1. The van der Waals surface area contributed by atoms with E-state index in [1.807, 2.05) is 0 Å². The minimum Gasteiger partial charge on any atom is -0.465 e. The van der Waals surface area contributed by atoms with Gasteiger partial charge in [-0.15, -0.1) is 11.3 Å². The van der Waals surface area contributed by atoms with Crippen molar-refractivity contribution in [1.82, 2.24) is 14.8 Å². The van der Waals surface area contributed by atoms with E-state index in [1.165, 1.54) is 31.6 Å². The first-order valence-corrected chi connectivity index (χ1v) is 8.11. The van der Waals surface area contributed by atoms with Crippen LogP contribution in [0.15, 0.2) is 42.0 Å². The predicted molar refractivity (Wildman–Crippen MR) is 86.5 cm³/mol. The van der Waals surface area contributed by atoms with Crippen molar-refractivity contribution in [3.8, 4) is 11.3 Å². The molecule has 2 heterocycles. The Kier molecular flexibility index (Phi) is 4.79. The monoisotopic (exact) mass is 383 g/mol. The topological polar surface area (TPSA) is 77.2 Å². The average Bonchev–Trinajstić information content (AvgIpc) is 3.29. The minimum atomic E-state index is -4.45. The van der Waals surface area contributed by atoms with Crippen LogP contribution in [0.4, 0.5) is 13.2 Å². The number of methoxy groups -OCH3 is 1. The van der Waals surface area contributed by atoms with Gasteiger partial charge in [-0.1, -0.05) is 12.1 Å². The smallest absolute Gasteiger partial charge is 0.416 e. The third-order valence-corrected chi connectivity index (χ3v) is 4.39. The summed E-state index contributed by atoms with van der Waals surface area (Å²) >= 11 is 1.06. The van der Waals surface area contributed by atoms with E-state index in [9.17, 15) is 23.1 Å². The molecule has 0 aliphatic rings. The predicted octanol–water partition coefficient (Wildman–Crippen LogP) is 3.35. The van der Waals surface area contributed by atoms with Crippen molar-refractivity contribution < 1.29 is 27.8 Å². The van der Waals surface area contributed by atoms with Gasteiger partial charge in [0.05, 0.1) is 30.1 Å². The Labute approximate surface area is 149 Å². The molecular weight excluding hydrogens is 371 g/mol. The lowest BCUT2D eigenvalue weighted by molar-refractivity contribution is -0.137. The molecule has 0 aliphatic heterocycles. The maximum absolute atomic E-state index is 12.8. The molecule has 0 spiro atoms. The summed E-state index contributed by atoms with van der Waals surface area (Å²) in [5.41, 5.74) is -0.0400. The van der Waals surface area contributed by atoms with E-state index < -0.39 is 23.9 Å². The Morgan fingerprint density at radius 3 is 2.85 bits per heavy atom. The number of benzene rings is 1. The van der Waals surface area contributed by atoms with Crippen LogP contribution in [0.25, 0.3) is 11.3 Å². The zero-order valence-corrected chi connectivity index (χ0v) is 14.1. The lowest BCUT2D eigenvalue weighted by atomic mass is 10.1. The number of ether oxygens (including phenoxy) is 1. The number of carbonyl (C=O) groups excluding carboxylic acids is 1. The Morgan fingerprint density at radius 2 is 2.15 bits per heavy atom. The number of esters is 1. The van der Waals surface area contributed by atoms with Crippen molar-refractivity contribution in [2.45, 2.75) is 12.4 Å². The van der Waals surface area contributed by atoms with Crippen molar-refractivity contribution in [2.24, 2.45) is 0 Å². The van der Waals surface area contributed by atoms with Gasteiger partial charge in [0.2, 0.25) is 0 Å². The number of aromatic nitrogens is 3. The molecule has 1 atom stereocenters. The number of nitrogens with zero attached hydrogens (tertiary/aromatic N) is 3. The Bertz CT molecular complexity index is 936. The van der Waals surface area contributed by atoms with Crippen LogP contribution in [0.1, 0.15) is 27.2 Å². The van der Waals surface area contributed by atoms with Gasteiger partial charge in [0, 0.05) is 17.1 Å². The zero-order valence-electron chi connectivity index (χ0n) is 13.3. The summed E-state index contributed by atoms with van der Waals surface area (Å²) in [4.78, 5) is 15.6. The number of thiazole rings is 1. The fourth-order valence-electron chi connectivity index (χ4n) is 2.20. The van der Waals surface area contributed by atoms with Gasteiger partial charge in [-0.3, -0.25) is 0 Å². The summed E-state index contributed by atoms with van der Waals surface area (Å²) in [6.45, 7) is 0. The molecular formula is C16H12F3N3O3S. The molecule has 0 fully saturated rings. The number of rotatable bonds is 4. The van der Waals surface area contributed by atoms with Gasteiger partial charge in [0.15, 0.2) is 6.23 Å². The highest BCUT2D eigenvalue weighted by Crippen LogP contribution is 2.33. The number of alkyl halides is 3. The first-order chi connectivity index (χ1) is 12.3. The van der Waals surface area contributed by atoms with Gasteiger partial charge in [0.1, 0.15) is 5.01 Å². The van der Waals surface area contributed by atoms with Gasteiger partial charge in [0.25, 0.3) is 0 Å². The van der Waals surface area contributed by atoms with Crippen LogP contribution in [-0.4, -0.2) is 33.0 Å². The van der Waals surface area contributed by atoms with Crippen molar-refractivity contribution in [3.63, 3.8) is 0 Å². The van der Waals surface area contributed by atoms with Crippen LogP contribution < -0.4 is 0 Å². The van der Waals surface area contributed by atoms with E-state index in [0.29, 0.717) is 5.69 Å². The molecule has 1 aromatic carbocycles. The minimum absolute atomic E-state index is 0.154. The fraction of sp³-hybridized carbons (Fsp3) is 0.188. The van der Waals surface area contributed by atoms with Gasteiger partial charge in [-0.25, -0.2) is 14.5 Å². The van der Waals surface area contributed by atoms with Crippen molar-refractivity contribution in [2.75, 3.05) is 7.11 Å². The lowest BCUT2D eigenvalue weighted by Gasteiger charge is -2.08. The van der Waals surface area contributed by atoms with Crippen LogP contribution in [0, 0.1) is 0 Å². The van der Waals surface area contributed by atoms with E-state index in [4.69, 9.17) is 0 Å². The largest absolute Gasteiger partial charge is 0.465 e. The van der Waals surface area contributed by atoms with Crippen molar-refractivity contribution in [1.29, 1.82) is 0 Å². The number of aliphatic hydroxyl groups excluding tert-OH is 1. The van der Waals surface area contributed by atoms with Crippen LogP contribution in [0.3, 0.4) is 0 Å². The number of halogens is 3. The highest BCUT2D eigenvalue weighted by atomic mass is 32.1. The lowest BCUT2D eigenvalue weighted by Crippen LogP contribution is -2.10. The second-order valence-corrected chi connectivity index (χ2v) is 6.11. The molecule has 3 rings (SSSR count).